The van der Waals surface area contributed by atoms with Crippen molar-refractivity contribution in [3.05, 3.63) is 30.7 Å². The molecule has 0 atom stereocenters. The number of anilines is 1. The number of aromatic nitrogens is 3. The van der Waals surface area contributed by atoms with E-state index in [1.807, 2.05) is 0 Å². The van der Waals surface area contributed by atoms with Crippen LogP contribution >= 0.6 is 0 Å². The molecule has 2 aromatic rings. The molecule has 0 aromatic carbocycles. The Bertz CT molecular complexity index is 618. The van der Waals surface area contributed by atoms with Crippen LogP contribution in [0.25, 0.3) is 5.82 Å². The highest BCUT2D eigenvalue weighted by atomic mass is 32.2. The van der Waals surface area contributed by atoms with Crippen molar-refractivity contribution in [2.45, 2.75) is 4.90 Å². The molecule has 0 bridgehead atoms. The van der Waals surface area contributed by atoms with Gasteiger partial charge in [0.2, 0.25) is 0 Å². The van der Waals surface area contributed by atoms with Gasteiger partial charge in [-0.1, -0.05) is 0 Å². The van der Waals surface area contributed by atoms with Crippen LogP contribution < -0.4 is 5.73 Å². The highest BCUT2D eigenvalue weighted by Crippen LogP contribution is 2.12. The molecule has 0 fully saturated rings. The Morgan fingerprint density at radius 3 is 2.75 bits per heavy atom. The Morgan fingerprint density at radius 1 is 1.44 bits per heavy atom. The van der Waals surface area contributed by atoms with Crippen molar-refractivity contribution in [3.63, 3.8) is 0 Å². The second-order valence-corrected chi connectivity index (χ2v) is 5.36. The van der Waals surface area contributed by atoms with Gasteiger partial charge >= 0.3 is 0 Å². The third-order valence-corrected chi connectivity index (χ3v) is 3.06. The lowest BCUT2D eigenvalue weighted by molar-refractivity contribution is 0.602. The molecule has 7 heteroatoms. The SMILES string of the molecule is CS(=O)(=O)c1cnn(-c2cc(N)ccn2)c1. The molecule has 2 N–H and O–H groups in total. The molecule has 0 saturated carbocycles. The number of rotatable bonds is 2. The smallest absolute Gasteiger partial charge is 0.178 e. The van der Waals surface area contributed by atoms with Gasteiger partial charge < -0.3 is 5.73 Å². The minimum absolute atomic E-state index is 0.150. The molecule has 0 saturated heterocycles. The van der Waals surface area contributed by atoms with E-state index in [1.54, 1.807) is 12.1 Å². The van der Waals surface area contributed by atoms with Crippen LogP contribution in [-0.2, 0) is 9.84 Å². The summed E-state index contributed by atoms with van der Waals surface area (Å²) < 4.78 is 23.9. The predicted molar refractivity (Wildman–Crippen MR) is 58.9 cm³/mol. The molecule has 0 amide bonds. The van der Waals surface area contributed by atoms with Crippen LogP contribution in [0, 0.1) is 0 Å². The van der Waals surface area contributed by atoms with Crippen LogP contribution in [0.1, 0.15) is 0 Å². The Morgan fingerprint density at radius 2 is 2.19 bits per heavy atom. The van der Waals surface area contributed by atoms with E-state index in [1.165, 1.54) is 23.3 Å². The molecule has 0 spiro atoms. The molecule has 0 aliphatic carbocycles. The number of hydrogen-bond donors (Lipinski definition) is 1. The Balaban J connectivity index is 2.47. The number of nitrogens with two attached hydrogens (primary N) is 1. The summed E-state index contributed by atoms with van der Waals surface area (Å²) in [6.07, 6.45) is 5.34. The van der Waals surface area contributed by atoms with Crippen LogP contribution in [0.15, 0.2) is 35.6 Å². The van der Waals surface area contributed by atoms with E-state index >= 15 is 0 Å². The molecule has 2 heterocycles. The molecule has 0 aliphatic rings. The number of hydrogen-bond acceptors (Lipinski definition) is 5. The third-order valence-electron chi connectivity index (χ3n) is 1.99. The molecule has 2 aromatic heterocycles. The monoisotopic (exact) mass is 238 g/mol. The Labute approximate surface area is 92.6 Å². The van der Waals surface area contributed by atoms with Gasteiger partial charge in [-0.25, -0.2) is 18.1 Å². The summed E-state index contributed by atoms with van der Waals surface area (Å²) in [5.41, 5.74) is 6.13. The van der Waals surface area contributed by atoms with Crippen molar-refractivity contribution >= 4 is 15.5 Å². The lowest BCUT2D eigenvalue weighted by Gasteiger charge is -1.99. The fourth-order valence-electron chi connectivity index (χ4n) is 1.18. The van der Waals surface area contributed by atoms with Gasteiger partial charge in [-0.3, -0.25) is 0 Å². The maximum atomic E-state index is 11.2. The van der Waals surface area contributed by atoms with Crippen LogP contribution in [0.3, 0.4) is 0 Å². The highest BCUT2D eigenvalue weighted by Gasteiger charge is 2.10. The molecule has 2 rings (SSSR count). The van der Waals surface area contributed by atoms with E-state index in [9.17, 15) is 8.42 Å². The summed E-state index contributed by atoms with van der Waals surface area (Å²) in [7, 11) is -3.24. The van der Waals surface area contributed by atoms with Gasteiger partial charge in [0.1, 0.15) is 4.90 Å². The van der Waals surface area contributed by atoms with Crippen LogP contribution in [0.2, 0.25) is 0 Å². The van der Waals surface area contributed by atoms with Gasteiger partial charge in [-0.15, -0.1) is 0 Å². The molecule has 0 aliphatic heterocycles. The second-order valence-electron chi connectivity index (χ2n) is 3.34. The van der Waals surface area contributed by atoms with E-state index in [0.717, 1.165) is 6.26 Å². The lowest BCUT2D eigenvalue weighted by atomic mass is 10.4. The number of pyridine rings is 1. The van der Waals surface area contributed by atoms with E-state index in [0.29, 0.717) is 11.5 Å². The number of nitrogens with zero attached hydrogens (tertiary/aromatic N) is 3. The first-order chi connectivity index (χ1) is 7.47. The fraction of sp³-hybridized carbons (Fsp3) is 0.111. The summed E-state index contributed by atoms with van der Waals surface area (Å²) >= 11 is 0. The maximum Gasteiger partial charge on any atom is 0.178 e. The average Bonchev–Trinajstić information content (AvgIpc) is 2.65. The zero-order valence-corrected chi connectivity index (χ0v) is 9.35. The summed E-state index contributed by atoms with van der Waals surface area (Å²) in [5.74, 6) is 0.481. The second kappa shape index (κ2) is 3.60. The highest BCUT2D eigenvalue weighted by molar-refractivity contribution is 7.90. The minimum Gasteiger partial charge on any atom is -0.399 e. The zero-order valence-electron chi connectivity index (χ0n) is 8.53. The van der Waals surface area contributed by atoms with Gasteiger partial charge in [-0.05, 0) is 6.07 Å². The van der Waals surface area contributed by atoms with Gasteiger partial charge in [0, 0.05) is 24.2 Å². The molecule has 6 nitrogen and oxygen atoms in total. The normalized spacial score (nSPS) is 11.6. The van der Waals surface area contributed by atoms with Gasteiger partial charge in [0.25, 0.3) is 0 Å². The van der Waals surface area contributed by atoms with Crippen LogP contribution in [0.4, 0.5) is 5.69 Å². The maximum absolute atomic E-state index is 11.2. The van der Waals surface area contributed by atoms with Crippen molar-refractivity contribution in [3.8, 4) is 5.82 Å². The lowest BCUT2D eigenvalue weighted by Crippen LogP contribution is -1.99. The molecule has 0 unspecified atom stereocenters. The minimum atomic E-state index is -3.24. The molecular formula is C9H10N4O2S. The topological polar surface area (TPSA) is 90.9 Å². The molecule has 84 valence electrons. The number of nitrogen functional groups attached to an aromatic ring is 1. The number of sulfone groups is 1. The van der Waals surface area contributed by atoms with Crippen molar-refractivity contribution in [1.29, 1.82) is 0 Å². The van der Waals surface area contributed by atoms with E-state index in [-0.39, 0.29) is 4.90 Å². The standard InChI is InChI=1S/C9H10N4O2S/c1-16(14,15)8-5-12-13(6-8)9-4-7(10)2-3-11-9/h2-6H,1H3,(H2,10,11). The quantitative estimate of drug-likeness (QED) is 0.810. The summed E-state index contributed by atoms with van der Waals surface area (Å²) in [6, 6.07) is 3.25. The largest absolute Gasteiger partial charge is 0.399 e. The summed E-state index contributed by atoms with van der Waals surface area (Å²) in [4.78, 5) is 4.18. The Kier molecular flexibility index (Phi) is 2.39. The zero-order chi connectivity index (χ0) is 11.8. The van der Waals surface area contributed by atoms with Crippen molar-refractivity contribution in [1.82, 2.24) is 14.8 Å². The average molecular weight is 238 g/mol. The van der Waals surface area contributed by atoms with Gasteiger partial charge in [0.05, 0.1) is 12.4 Å². The predicted octanol–water partition coefficient (Wildman–Crippen LogP) is 0.253. The van der Waals surface area contributed by atoms with E-state index in [2.05, 4.69) is 10.1 Å². The van der Waals surface area contributed by atoms with Gasteiger partial charge in [-0.2, -0.15) is 5.10 Å². The molecular weight excluding hydrogens is 228 g/mol. The van der Waals surface area contributed by atoms with Gasteiger partial charge in [0.15, 0.2) is 15.7 Å². The summed E-state index contributed by atoms with van der Waals surface area (Å²) in [5, 5.41) is 3.91. The first kappa shape index (κ1) is 10.6. The van der Waals surface area contributed by atoms with E-state index in [4.69, 9.17) is 5.73 Å². The van der Waals surface area contributed by atoms with Crippen molar-refractivity contribution in [2.24, 2.45) is 0 Å². The third kappa shape index (κ3) is 2.03. The molecule has 16 heavy (non-hydrogen) atoms. The molecule has 0 radical (unpaired) electrons. The van der Waals surface area contributed by atoms with Crippen molar-refractivity contribution < 1.29 is 8.42 Å². The van der Waals surface area contributed by atoms with Crippen LogP contribution in [0.5, 0.6) is 0 Å². The first-order valence-electron chi connectivity index (χ1n) is 4.43. The van der Waals surface area contributed by atoms with E-state index < -0.39 is 9.84 Å². The fourth-order valence-corrected chi connectivity index (χ4v) is 1.71. The summed E-state index contributed by atoms with van der Waals surface area (Å²) in [6.45, 7) is 0. The van der Waals surface area contributed by atoms with Crippen LogP contribution in [-0.4, -0.2) is 29.4 Å². The Hall–Kier alpha value is -1.89. The van der Waals surface area contributed by atoms with Crippen molar-refractivity contribution in [2.75, 3.05) is 12.0 Å². The first-order valence-corrected chi connectivity index (χ1v) is 6.32.